The molecule has 4 heteroatoms. The van der Waals surface area contributed by atoms with Crippen molar-refractivity contribution in [2.75, 3.05) is 13.6 Å². The van der Waals surface area contributed by atoms with Crippen LogP contribution in [0, 0.1) is 0 Å². The third-order valence-corrected chi connectivity index (χ3v) is 3.42. The van der Waals surface area contributed by atoms with Gasteiger partial charge in [0.25, 0.3) is 0 Å². The Morgan fingerprint density at radius 3 is 2.40 bits per heavy atom. The molecule has 0 amide bonds. The zero-order valence-electron chi connectivity index (χ0n) is 9.86. The molecule has 0 saturated carbocycles. The molecule has 2 N–H and O–H groups in total. The molecular formula is C11H22N2O2. The van der Waals surface area contributed by atoms with Crippen LogP contribution < -0.4 is 5.32 Å². The summed E-state index contributed by atoms with van der Waals surface area (Å²) < 4.78 is 0. The molecule has 1 saturated heterocycles. The summed E-state index contributed by atoms with van der Waals surface area (Å²) in [4.78, 5) is 13.2. The van der Waals surface area contributed by atoms with Gasteiger partial charge in [0.05, 0.1) is 0 Å². The van der Waals surface area contributed by atoms with Crippen molar-refractivity contribution in [1.29, 1.82) is 0 Å². The number of nitrogens with one attached hydrogen (secondary N) is 1. The quantitative estimate of drug-likeness (QED) is 0.731. The van der Waals surface area contributed by atoms with Gasteiger partial charge in [-0.1, -0.05) is 6.42 Å². The van der Waals surface area contributed by atoms with Gasteiger partial charge < -0.3 is 10.4 Å². The van der Waals surface area contributed by atoms with Crippen molar-refractivity contribution >= 4 is 5.97 Å². The lowest BCUT2D eigenvalue weighted by atomic mass is 9.97. The number of carboxylic acid groups (broad SMARTS) is 1. The van der Waals surface area contributed by atoms with Crippen LogP contribution >= 0.6 is 0 Å². The van der Waals surface area contributed by atoms with Crippen LogP contribution in [0.3, 0.4) is 0 Å². The predicted molar refractivity (Wildman–Crippen MR) is 60.0 cm³/mol. The minimum atomic E-state index is -0.762. The number of nitrogens with zero attached hydrogens (tertiary/aromatic N) is 1. The SMILES string of the molecule is CNC(CN1C(C)CCCC1C)C(=O)O. The van der Waals surface area contributed by atoms with Gasteiger partial charge in [0, 0.05) is 18.6 Å². The van der Waals surface area contributed by atoms with Crippen molar-refractivity contribution < 1.29 is 9.90 Å². The summed E-state index contributed by atoms with van der Waals surface area (Å²) in [5.74, 6) is -0.762. The molecule has 0 aliphatic carbocycles. The lowest BCUT2D eigenvalue weighted by molar-refractivity contribution is -0.140. The molecular weight excluding hydrogens is 192 g/mol. The van der Waals surface area contributed by atoms with E-state index in [4.69, 9.17) is 5.11 Å². The molecule has 1 aliphatic rings. The molecule has 0 aromatic carbocycles. The highest BCUT2D eigenvalue weighted by molar-refractivity contribution is 5.73. The van der Waals surface area contributed by atoms with Gasteiger partial charge >= 0.3 is 5.97 Å². The molecule has 0 bridgehead atoms. The molecule has 0 aromatic heterocycles. The van der Waals surface area contributed by atoms with Gasteiger partial charge in [0.1, 0.15) is 6.04 Å². The maximum absolute atomic E-state index is 10.9. The Morgan fingerprint density at radius 1 is 1.47 bits per heavy atom. The van der Waals surface area contributed by atoms with Crippen LogP contribution in [-0.4, -0.2) is 47.7 Å². The van der Waals surface area contributed by atoms with Crippen molar-refractivity contribution in [1.82, 2.24) is 10.2 Å². The lowest BCUT2D eigenvalue weighted by Crippen LogP contribution is -2.52. The largest absolute Gasteiger partial charge is 0.480 e. The van der Waals surface area contributed by atoms with Crippen LogP contribution in [0.25, 0.3) is 0 Å². The summed E-state index contributed by atoms with van der Waals surface area (Å²) in [5, 5.41) is 11.8. The summed E-state index contributed by atoms with van der Waals surface area (Å²) in [6.45, 7) is 4.97. The zero-order chi connectivity index (χ0) is 11.4. The van der Waals surface area contributed by atoms with Gasteiger partial charge in [0.2, 0.25) is 0 Å². The Balaban J connectivity index is 2.56. The van der Waals surface area contributed by atoms with Crippen LogP contribution in [0.5, 0.6) is 0 Å². The van der Waals surface area contributed by atoms with Gasteiger partial charge in [-0.3, -0.25) is 9.69 Å². The van der Waals surface area contributed by atoms with Crippen molar-refractivity contribution in [3.05, 3.63) is 0 Å². The first-order chi connectivity index (χ1) is 7.06. The Kier molecular flexibility index (Phi) is 4.54. The summed E-state index contributed by atoms with van der Waals surface area (Å²) in [6, 6.07) is 0.556. The van der Waals surface area contributed by atoms with Crippen LogP contribution in [0.4, 0.5) is 0 Å². The van der Waals surface area contributed by atoms with Gasteiger partial charge in [0.15, 0.2) is 0 Å². The Bertz CT molecular complexity index is 211. The fourth-order valence-corrected chi connectivity index (χ4v) is 2.34. The topological polar surface area (TPSA) is 52.6 Å². The first-order valence-corrected chi connectivity index (χ1v) is 5.72. The van der Waals surface area contributed by atoms with E-state index >= 15 is 0 Å². The van der Waals surface area contributed by atoms with Gasteiger partial charge in [-0.05, 0) is 33.7 Å². The lowest BCUT2D eigenvalue weighted by Gasteiger charge is -2.40. The number of aliphatic carboxylic acids is 1. The van der Waals surface area contributed by atoms with E-state index in [1.165, 1.54) is 19.3 Å². The van der Waals surface area contributed by atoms with Crippen LogP contribution in [0.2, 0.25) is 0 Å². The number of piperidine rings is 1. The molecule has 1 fully saturated rings. The maximum atomic E-state index is 10.9. The summed E-state index contributed by atoms with van der Waals surface area (Å²) >= 11 is 0. The zero-order valence-corrected chi connectivity index (χ0v) is 9.86. The highest BCUT2D eigenvalue weighted by Gasteiger charge is 2.28. The molecule has 3 unspecified atom stereocenters. The van der Waals surface area contributed by atoms with Crippen molar-refractivity contribution in [2.45, 2.75) is 51.2 Å². The number of hydrogen-bond donors (Lipinski definition) is 2. The minimum absolute atomic E-state index is 0.451. The molecule has 3 atom stereocenters. The highest BCUT2D eigenvalue weighted by Crippen LogP contribution is 2.22. The number of carboxylic acids is 1. The van der Waals surface area contributed by atoms with E-state index in [2.05, 4.69) is 24.1 Å². The Morgan fingerprint density at radius 2 is 2.00 bits per heavy atom. The Labute approximate surface area is 91.6 Å². The first kappa shape index (κ1) is 12.5. The summed E-state index contributed by atoms with van der Waals surface area (Å²) in [7, 11) is 1.71. The van der Waals surface area contributed by atoms with Crippen LogP contribution in [0.1, 0.15) is 33.1 Å². The van der Waals surface area contributed by atoms with E-state index < -0.39 is 12.0 Å². The average molecular weight is 214 g/mol. The molecule has 88 valence electrons. The van der Waals surface area contributed by atoms with E-state index in [1.54, 1.807) is 7.05 Å². The molecule has 1 heterocycles. The molecule has 0 aromatic rings. The van der Waals surface area contributed by atoms with E-state index in [9.17, 15) is 4.79 Å². The normalized spacial score (nSPS) is 30.1. The van der Waals surface area contributed by atoms with E-state index in [0.29, 0.717) is 18.6 Å². The number of likely N-dealkylation sites (N-methyl/N-ethyl adjacent to an activating group) is 1. The van der Waals surface area contributed by atoms with Crippen molar-refractivity contribution in [3.8, 4) is 0 Å². The van der Waals surface area contributed by atoms with Crippen molar-refractivity contribution in [3.63, 3.8) is 0 Å². The van der Waals surface area contributed by atoms with Crippen LogP contribution in [0.15, 0.2) is 0 Å². The molecule has 4 nitrogen and oxygen atoms in total. The third kappa shape index (κ3) is 3.18. The van der Waals surface area contributed by atoms with Gasteiger partial charge in [-0.25, -0.2) is 0 Å². The second kappa shape index (κ2) is 5.47. The average Bonchev–Trinajstić information content (AvgIpc) is 2.17. The van der Waals surface area contributed by atoms with E-state index in [1.807, 2.05) is 0 Å². The maximum Gasteiger partial charge on any atom is 0.322 e. The number of likely N-dealkylation sites (tertiary alicyclic amines) is 1. The Hall–Kier alpha value is -0.610. The number of rotatable bonds is 4. The van der Waals surface area contributed by atoms with Gasteiger partial charge in [-0.2, -0.15) is 0 Å². The first-order valence-electron chi connectivity index (χ1n) is 5.72. The minimum Gasteiger partial charge on any atom is -0.480 e. The fraction of sp³-hybridized carbons (Fsp3) is 0.909. The number of carbonyl (C=O) groups is 1. The van der Waals surface area contributed by atoms with E-state index in [0.717, 1.165) is 0 Å². The predicted octanol–water partition coefficient (Wildman–Crippen LogP) is 0.922. The van der Waals surface area contributed by atoms with Crippen LogP contribution in [-0.2, 0) is 4.79 Å². The second-order valence-corrected chi connectivity index (χ2v) is 4.51. The fourth-order valence-electron chi connectivity index (χ4n) is 2.34. The van der Waals surface area contributed by atoms with Crippen molar-refractivity contribution in [2.24, 2.45) is 0 Å². The second-order valence-electron chi connectivity index (χ2n) is 4.51. The standard InChI is InChI=1S/C11H22N2O2/c1-8-5-4-6-9(2)13(8)7-10(12-3)11(14)15/h8-10,12H,4-7H2,1-3H3,(H,14,15). The summed E-state index contributed by atoms with van der Waals surface area (Å²) in [5.41, 5.74) is 0. The molecule has 1 rings (SSSR count). The van der Waals surface area contributed by atoms with E-state index in [-0.39, 0.29) is 0 Å². The highest BCUT2D eigenvalue weighted by atomic mass is 16.4. The third-order valence-electron chi connectivity index (χ3n) is 3.42. The van der Waals surface area contributed by atoms with Gasteiger partial charge in [-0.15, -0.1) is 0 Å². The summed E-state index contributed by atoms with van der Waals surface area (Å²) in [6.07, 6.45) is 3.62. The molecule has 0 radical (unpaired) electrons. The molecule has 15 heavy (non-hydrogen) atoms. The molecule has 0 spiro atoms. The molecule has 1 aliphatic heterocycles. The number of hydrogen-bond acceptors (Lipinski definition) is 3. The smallest absolute Gasteiger partial charge is 0.322 e. The monoisotopic (exact) mass is 214 g/mol.